The molecule has 1 unspecified atom stereocenters. The third kappa shape index (κ3) is 4.71. The van der Waals surface area contributed by atoms with E-state index in [0.29, 0.717) is 25.7 Å². The summed E-state index contributed by atoms with van der Waals surface area (Å²) in [5.74, 6) is 1.37. The van der Waals surface area contributed by atoms with Crippen LogP contribution in [-0.4, -0.2) is 68.3 Å². The second kappa shape index (κ2) is 8.49. The molecule has 0 aliphatic carbocycles. The molecule has 2 heterocycles. The van der Waals surface area contributed by atoms with E-state index in [4.69, 9.17) is 9.47 Å². The van der Waals surface area contributed by atoms with Crippen LogP contribution in [0.4, 0.5) is 0 Å². The van der Waals surface area contributed by atoms with Gasteiger partial charge in [-0.3, -0.25) is 9.69 Å². The van der Waals surface area contributed by atoms with Gasteiger partial charge in [-0.2, -0.15) is 0 Å². The van der Waals surface area contributed by atoms with Crippen molar-refractivity contribution in [3.63, 3.8) is 0 Å². The van der Waals surface area contributed by atoms with E-state index < -0.39 is 0 Å². The Bertz CT molecular complexity index is 543. The van der Waals surface area contributed by atoms with Crippen molar-refractivity contribution in [1.82, 2.24) is 9.80 Å². The first-order chi connectivity index (χ1) is 11.7. The zero-order chi connectivity index (χ0) is 16.8. The summed E-state index contributed by atoms with van der Waals surface area (Å²) in [7, 11) is 0. The molecule has 0 spiro atoms. The normalized spacial score (nSPS) is 22.4. The molecular weight excluding hydrogens is 304 g/mol. The molecule has 1 atom stereocenters. The number of carbonyl (C=O) groups excluding carboxylic acids is 1. The van der Waals surface area contributed by atoms with Gasteiger partial charge in [0.05, 0.1) is 19.1 Å². The van der Waals surface area contributed by atoms with Gasteiger partial charge in [0.1, 0.15) is 12.4 Å². The van der Waals surface area contributed by atoms with E-state index in [9.17, 15) is 4.79 Å². The summed E-state index contributed by atoms with van der Waals surface area (Å²) in [6, 6.07) is 8.14. The van der Waals surface area contributed by atoms with Crippen LogP contribution >= 0.6 is 0 Å². The summed E-state index contributed by atoms with van der Waals surface area (Å²) in [5.41, 5.74) is 1.21. The number of hydrogen-bond donors (Lipinski definition) is 0. The van der Waals surface area contributed by atoms with Crippen LogP contribution in [0.25, 0.3) is 0 Å². The van der Waals surface area contributed by atoms with Gasteiger partial charge in [-0.05, 0) is 44.0 Å². The summed E-state index contributed by atoms with van der Waals surface area (Å²) < 4.78 is 11.2. The highest BCUT2D eigenvalue weighted by atomic mass is 16.5. The maximum Gasteiger partial charge on any atom is 0.227 e. The minimum Gasteiger partial charge on any atom is -0.492 e. The van der Waals surface area contributed by atoms with E-state index in [-0.39, 0.29) is 5.92 Å². The first-order valence-corrected chi connectivity index (χ1v) is 9.01. The predicted molar refractivity (Wildman–Crippen MR) is 93.2 cm³/mol. The van der Waals surface area contributed by atoms with Crippen LogP contribution in [0.15, 0.2) is 24.3 Å². The topological polar surface area (TPSA) is 42.0 Å². The highest BCUT2D eigenvalue weighted by Gasteiger charge is 2.29. The second-order valence-electron chi connectivity index (χ2n) is 6.74. The number of likely N-dealkylation sites (tertiary alicyclic amines) is 1. The summed E-state index contributed by atoms with van der Waals surface area (Å²) in [4.78, 5) is 17.0. The molecule has 3 rings (SSSR count). The molecule has 5 nitrogen and oxygen atoms in total. The molecule has 132 valence electrons. The van der Waals surface area contributed by atoms with Crippen LogP contribution in [0.1, 0.15) is 18.4 Å². The molecule has 0 radical (unpaired) electrons. The number of ether oxygens (including phenoxy) is 2. The van der Waals surface area contributed by atoms with E-state index in [2.05, 4.69) is 24.0 Å². The summed E-state index contributed by atoms with van der Waals surface area (Å²) in [6.07, 6.45) is 2.09. The predicted octanol–water partition coefficient (Wildman–Crippen LogP) is 1.94. The van der Waals surface area contributed by atoms with Gasteiger partial charge in [0.2, 0.25) is 5.91 Å². The second-order valence-corrected chi connectivity index (χ2v) is 6.74. The Labute approximate surface area is 144 Å². The van der Waals surface area contributed by atoms with Gasteiger partial charge in [-0.25, -0.2) is 0 Å². The molecule has 2 aliphatic rings. The summed E-state index contributed by atoms with van der Waals surface area (Å²) in [5, 5.41) is 0. The lowest BCUT2D eigenvalue weighted by Crippen LogP contribution is -2.48. The molecule has 2 saturated heterocycles. The largest absolute Gasteiger partial charge is 0.492 e. The fourth-order valence-corrected chi connectivity index (χ4v) is 3.50. The third-order valence-electron chi connectivity index (χ3n) is 4.84. The van der Waals surface area contributed by atoms with E-state index >= 15 is 0 Å². The Hall–Kier alpha value is -1.59. The molecule has 24 heavy (non-hydrogen) atoms. The molecule has 0 bridgehead atoms. The number of carbonyl (C=O) groups is 1. The number of nitrogens with zero attached hydrogens (tertiary/aromatic N) is 2. The Morgan fingerprint density at radius 1 is 1.29 bits per heavy atom. The number of benzene rings is 1. The zero-order valence-corrected chi connectivity index (χ0v) is 14.6. The Morgan fingerprint density at radius 3 is 2.92 bits per heavy atom. The molecule has 2 aliphatic heterocycles. The van der Waals surface area contributed by atoms with Gasteiger partial charge >= 0.3 is 0 Å². The first kappa shape index (κ1) is 17.2. The van der Waals surface area contributed by atoms with Crippen molar-refractivity contribution in [2.45, 2.75) is 19.8 Å². The fraction of sp³-hybridized carbons (Fsp3) is 0.632. The lowest BCUT2D eigenvalue weighted by atomic mass is 9.96. The maximum absolute atomic E-state index is 12.6. The molecule has 5 heteroatoms. The number of piperidine rings is 1. The lowest BCUT2D eigenvalue weighted by molar-refractivity contribution is -0.141. The first-order valence-electron chi connectivity index (χ1n) is 9.01. The Kier molecular flexibility index (Phi) is 6.10. The number of morpholine rings is 1. The van der Waals surface area contributed by atoms with Crippen molar-refractivity contribution in [2.24, 2.45) is 5.92 Å². The average Bonchev–Trinajstić information content (AvgIpc) is 2.62. The number of rotatable bonds is 5. The van der Waals surface area contributed by atoms with Crippen molar-refractivity contribution in [1.29, 1.82) is 0 Å². The molecule has 1 amide bonds. The summed E-state index contributed by atoms with van der Waals surface area (Å²) >= 11 is 0. The monoisotopic (exact) mass is 332 g/mol. The van der Waals surface area contributed by atoms with Gasteiger partial charge in [-0.15, -0.1) is 0 Å². The third-order valence-corrected chi connectivity index (χ3v) is 4.84. The lowest BCUT2D eigenvalue weighted by Gasteiger charge is -2.36. The van der Waals surface area contributed by atoms with Crippen molar-refractivity contribution in [2.75, 3.05) is 52.5 Å². The van der Waals surface area contributed by atoms with Gasteiger partial charge < -0.3 is 14.4 Å². The summed E-state index contributed by atoms with van der Waals surface area (Å²) in [6.45, 7) is 8.36. The van der Waals surface area contributed by atoms with Crippen LogP contribution in [0.3, 0.4) is 0 Å². The minimum atomic E-state index is 0.135. The van der Waals surface area contributed by atoms with Gasteiger partial charge in [-0.1, -0.05) is 12.1 Å². The Balaban J connectivity index is 1.44. The molecule has 0 N–H and O–H groups in total. The van der Waals surface area contributed by atoms with Crippen LogP contribution in [-0.2, 0) is 9.53 Å². The smallest absolute Gasteiger partial charge is 0.227 e. The zero-order valence-electron chi connectivity index (χ0n) is 14.6. The average molecular weight is 332 g/mol. The van der Waals surface area contributed by atoms with Crippen LogP contribution in [0.5, 0.6) is 5.75 Å². The number of aryl methyl sites for hydroxylation is 1. The SMILES string of the molecule is Cc1cccc(OCCN2CCCC(C(=O)N3CCOCC3)C2)c1. The van der Waals surface area contributed by atoms with Crippen LogP contribution < -0.4 is 4.74 Å². The standard InChI is InChI=1S/C19H28N2O3/c1-16-4-2-6-18(14-16)24-13-8-20-7-3-5-17(15-20)19(22)21-9-11-23-12-10-21/h2,4,6,14,17H,3,5,7-13,15H2,1H3. The minimum absolute atomic E-state index is 0.135. The molecule has 0 aromatic heterocycles. The van der Waals surface area contributed by atoms with E-state index in [0.717, 1.165) is 51.3 Å². The highest BCUT2D eigenvalue weighted by Crippen LogP contribution is 2.20. The maximum atomic E-state index is 12.6. The van der Waals surface area contributed by atoms with E-state index in [1.807, 2.05) is 17.0 Å². The number of amides is 1. The van der Waals surface area contributed by atoms with Crippen molar-refractivity contribution in [3.05, 3.63) is 29.8 Å². The van der Waals surface area contributed by atoms with E-state index in [1.54, 1.807) is 0 Å². The molecule has 1 aromatic rings. The molecule has 2 fully saturated rings. The highest BCUT2D eigenvalue weighted by molar-refractivity contribution is 5.79. The van der Waals surface area contributed by atoms with Crippen LogP contribution in [0.2, 0.25) is 0 Å². The van der Waals surface area contributed by atoms with Crippen molar-refractivity contribution >= 4 is 5.91 Å². The van der Waals surface area contributed by atoms with Crippen molar-refractivity contribution < 1.29 is 14.3 Å². The quantitative estimate of drug-likeness (QED) is 0.826. The van der Waals surface area contributed by atoms with Crippen LogP contribution in [0, 0.1) is 12.8 Å². The molecule has 1 aromatic carbocycles. The molecular formula is C19H28N2O3. The van der Waals surface area contributed by atoms with Crippen molar-refractivity contribution in [3.8, 4) is 5.75 Å². The Morgan fingerprint density at radius 2 is 2.12 bits per heavy atom. The van der Waals surface area contributed by atoms with Gasteiger partial charge in [0, 0.05) is 26.2 Å². The molecule has 0 saturated carbocycles. The fourth-order valence-electron chi connectivity index (χ4n) is 3.50. The van der Waals surface area contributed by atoms with E-state index in [1.165, 1.54) is 5.56 Å². The number of hydrogen-bond acceptors (Lipinski definition) is 4. The van der Waals surface area contributed by atoms with Gasteiger partial charge in [0.15, 0.2) is 0 Å². The van der Waals surface area contributed by atoms with Gasteiger partial charge in [0.25, 0.3) is 0 Å².